The molecule has 0 bridgehead atoms. The number of carbonyl (C=O) groups is 1. The maximum absolute atomic E-state index is 11.6. The van der Waals surface area contributed by atoms with Gasteiger partial charge in [0.1, 0.15) is 5.75 Å². The van der Waals surface area contributed by atoms with Gasteiger partial charge in [0.2, 0.25) is 0 Å². The number of alkyl halides is 1. The molecule has 74 valence electrons. The van der Waals surface area contributed by atoms with Gasteiger partial charge < -0.3 is 10.1 Å². The summed E-state index contributed by atoms with van der Waals surface area (Å²) in [5, 5.41) is 2.71. The molecule has 4 heteroatoms. The second kappa shape index (κ2) is 3.17. The molecule has 0 spiro atoms. The average molecular weight is 212 g/mol. The predicted octanol–water partition coefficient (Wildman–Crippen LogP) is 1.76. The van der Waals surface area contributed by atoms with E-state index in [-0.39, 0.29) is 11.8 Å². The molecular formula is C10H10ClNO2. The second-order valence-corrected chi connectivity index (χ2v) is 3.68. The van der Waals surface area contributed by atoms with Gasteiger partial charge in [-0.2, -0.15) is 0 Å². The van der Waals surface area contributed by atoms with Crippen LogP contribution in [0.4, 0.5) is 0 Å². The standard InChI is InChI=1S/C10H10ClNO2/c1-10(6-11)12-9(13)7-4-2-3-5-8(7)14-10/h2-5H,6H2,1H3,(H,12,13). The molecule has 0 radical (unpaired) electrons. The molecular weight excluding hydrogens is 202 g/mol. The van der Waals surface area contributed by atoms with Crippen LogP contribution in [0.3, 0.4) is 0 Å². The minimum atomic E-state index is -0.799. The Bertz CT molecular complexity index is 380. The van der Waals surface area contributed by atoms with E-state index in [2.05, 4.69) is 5.32 Å². The zero-order valence-corrected chi connectivity index (χ0v) is 8.47. The number of carbonyl (C=O) groups excluding carboxylic acids is 1. The fourth-order valence-electron chi connectivity index (χ4n) is 1.38. The van der Waals surface area contributed by atoms with E-state index in [0.717, 1.165) is 0 Å². The van der Waals surface area contributed by atoms with Crippen LogP contribution in [0.5, 0.6) is 5.75 Å². The van der Waals surface area contributed by atoms with Crippen molar-refractivity contribution in [1.29, 1.82) is 0 Å². The van der Waals surface area contributed by atoms with Crippen molar-refractivity contribution in [3.63, 3.8) is 0 Å². The number of para-hydroxylation sites is 1. The van der Waals surface area contributed by atoms with Gasteiger partial charge in [0.15, 0.2) is 5.72 Å². The fourth-order valence-corrected chi connectivity index (χ4v) is 1.50. The maximum atomic E-state index is 11.6. The van der Waals surface area contributed by atoms with E-state index in [4.69, 9.17) is 16.3 Å². The Morgan fingerprint density at radius 1 is 1.50 bits per heavy atom. The van der Waals surface area contributed by atoms with Crippen molar-refractivity contribution in [3.8, 4) is 5.75 Å². The largest absolute Gasteiger partial charge is 0.466 e. The molecule has 0 saturated heterocycles. The van der Waals surface area contributed by atoms with Crippen LogP contribution in [0, 0.1) is 0 Å². The first-order valence-electron chi connectivity index (χ1n) is 4.31. The van der Waals surface area contributed by atoms with Crippen LogP contribution >= 0.6 is 11.6 Å². The third-order valence-electron chi connectivity index (χ3n) is 2.10. The zero-order valence-electron chi connectivity index (χ0n) is 7.71. The molecule has 1 aromatic rings. The minimum Gasteiger partial charge on any atom is -0.466 e. The molecule has 1 heterocycles. The van der Waals surface area contributed by atoms with Crippen molar-refractivity contribution in [1.82, 2.24) is 5.32 Å². The van der Waals surface area contributed by atoms with Crippen LogP contribution in [0.25, 0.3) is 0 Å². The fraction of sp³-hybridized carbons (Fsp3) is 0.300. The van der Waals surface area contributed by atoms with Gasteiger partial charge in [0.05, 0.1) is 11.4 Å². The molecule has 0 aliphatic carbocycles. The summed E-state index contributed by atoms with van der Waals surface area (Å²) in [6.07, 6.45) is 0. The first-order valence-corrected chi connectivity index (χ1v) is 4.85. The van der Waals surface area contributed by atoms with Crippen LogP contribution in [0.15, 0.2) is 24.3 Å². The first-order chi connectivity index (χ1) is 6.64. The number of rotatable bonds is 1. The summed E-state index contributed by atoms with van der Waals surface area (Å²) in [6, 6.07) is 7.11. The number of hydrogen-bond acceptors (Lipinski definition) is 2. The van der Waals surface area contributed by atoms with Gasteiger partial charge >= 0.3 is 0 Å². The van der Waals surface area contributed by atoms with Gasteiger partial charge in [-0.25, -0.2) is 0 Å². The molecule has 1 aromatic carbocycles. The summed E-state index contributed by atoms with van der Waals surface area (Å²) in [5.74, 6) is 0.655. The normalized spacial score (nSPS) is 24.9. The van der Waals surface area contributed by atoms with Gasteiger partial charge in [0, 0.05) is 0 Å². The highest BCUT2D eigenvalue weighted by Gasteiger charge is 2.34. The summed E-state index contributed by atoms with van der Waals surface area (Å²) in [4.78, 5) is 11.6. The molecule has 1 unspecified atom stereocenters. The lowest BCUT2D eigenvalue weighted by molar-refractivity contribution is 0.0452. The van der Waals surface area contributed by atoms with Crippen LogP contribution < -0.4 is 10.1 Å². The number of halogens is 1. The molecule has 1 amide bonds. The quantitative estimate of drug-likeness (QED) is 0.719. The first kappa shape index (κ1) is 9.34. The summed E-state index contributed by atoms with van der Waals surface area (Å²) < 4.78 is 5.58. The van der Waals surface area contributed by atoms with Crippen LogP contribution in [0.2, 0.25) is 0 Å². The molecule has 0 fully saturated rings. The third kappa shape index (κ3) is 1.44. The molecule has 3 nitrogen and oxygen atoms in total. The number of benzene rings is 1. The third-order valence-corrected chi connectivity index (χ3v) is 2.61. The predicted molar refractivity (Wildman–Crippen MR) is 53.7 cm³/mol. The van der Waals surface area contributed by atoms with E-state index in [9.17, 15) is 4.79 Å². The molecule has 0 saturated carbocycles. The zero-order chi connectivity index (χ0) is 10.2. The Labute approximate surface area is 87.0 Å². The minimum absolute atomic E-state index is 0.144. The van der Waals surface area contributed by atoms with E-state index < -0.39 is 5.72 Å². The Morgan fingerprint density at radius 2 is 2.21 bits per heavy atom. The highest BCUT2D eigenvalue weighted by atomic mass is 35.5. The maximum Gasteiger partial charge on any atom is 0.258 e. The molecule has 2 rings (SSSR count). The summed E-state index contributed by atoms with van der Waals surface area (Å²) in [6.45, 7) is 1.74. The Balaban J connectivity index is 2.43. The van der Waals surface area contributed by atoms with Gasteiger partial charge in [-0.1, -0.05) is 12.1 Å². The molecule has 1 atom stereocenters. The molecule has 1 N–H and O–H groups in total. The highest BCUT2D eigenvalue weighted by Crippen LogP contribution is 2.27. The molecule has 14 heavy (non-hydrogen) atoms. The Kier molecular flexibility index (Phi) is 2.11. The van der Waals surface area contributed by atoms with E-state index in [0.29, 0.717) is 11.3 Å². The van der Waals surface area contributed by atoms with Crippen LogP contribution in [-0.2, 0) is 0 Å². The van der Waals surface area contributed by atoms with Crippen molar-refractivity contribution >= 4 is 17.5 Å². The smallest absolute Gasteiger partial charge is 0.258 e. The van der Waals surface area contributed by atoms with E-state index in [1.54, 1.807) is 25.1 Å². The SMILES string of the molecule is CC1(CCl)NC(=O)c2ccccc2O1. The topological polar surface area (TPSA) is 38.3 Å². The van der Waals surface area contributed by atoms with Crippen molar-refractivity contribution in [2.45, 2.75) is 12.6 Å². The number of amides is 1. The van der Waals surface area contributed by atoms with E-state index in [1.807, 2.05) is 6.07 Å². The van der Waals surface area contributed by atoms with Gasteiger partial charge in [-0.15, -0.1) is 11.6 Å². The summed E-state index contributed by atoms with van der Waals surface area (Å²) in [5.41, 5.74) is -0.248. The lowest BCUT2D eigenvalue weighted by atomic mass is 10.1. The summed E-state index contributed by atoms with van der Waals surface area (Å²) >= 11 is 5.71. The average Bonchev–Trinajstić information content (AvgIpc) is 2.18. The van der Waals surface area contributed by atoms with E-state index >= 15 is 0 Å². The van der Waals surface area contributed by atoms with Crippen LogP contribution in [-0.4, -0.2) is 17.5 Å². The Hall–Kier alpha value is -1.22. The number of nitrogens with one attached hydrogen (secondary N) is 1. The van der Waals surface area contributed by atoms with E-state index in [1.165, 1.54) is 0 Å². The monoisotopic (exact) mass is 211 g/mol. The number of ether oxygens (including phenoxy) is 1. The molecule has 1 aliphatic heterocycles. The van der Waals surface area contributed by atoms with Gasteiger partial charge in [-0.3, -0.25) is 4.79 Å². The van der Waals surface area contributed by atoms with Crippen molar-refractivity contribution in [3.05, 3.63) is 29.8 Å². The Morgan fingerprint density at radius 3 is 2.93 bits per heavy atom. The van der Waals surface area contributed by atoms with Crippen molar-refractivity contribution < 1.29 is 9.53 Å². The van der Waals surface area contributed by atoms with Crippen molar-refractivity contribution in [2.24, 2.45) is 0 Å². The lowest BCUT2D eigenvalue weighted by Crippen LogP contribution is -2.55. The highest BCUT2D eigenvalue weighted by molar-refractivity contribution is 6.18. The molecule has 0 aromatic heterocycles. The second-order valence-electron chi connectivity index (χ2n) is 3.42. The molecule has 1 aliphatic rings. The van der Waals surface area contributed by atoms with Crippen LogP contribution in [0.1, 0.15) is 17.3 Å². The number of hydrogen-bond donors (Lipinski definition) is 1. The lowest BCUT2D eigenvalue weighted by Gasteiger charge is -2.34. The van der Waals surface area contributed by atoms with Gasteiger partial charge in [-0.05, 0) is 19.1 Å². The van der Waals surface area contributed by atoms with Gasteiger partial charge in [0.25, 0.3) is 5.91 Å². The van der Waals surface area contributed by atoms with Crippen molar-refractivity contribution in [2.75, 3.05) is 5.88 Å². The number of fused-ring (bicyclic) bond motifs is 1. The summed E-state index contributed by atoms with van der Waals surface area (Å²) in [7, 11) is 0.